The summed E-state index contributed by atoms with van der Waals surface area (Å²) in [4.78, 5) is 2.67. The van der Waals surface area contributed by atoms with Crippen molar-refractivity contribution < 1.29 is 0 Å². The summed E-state index contributed by atoms with van der Waals surface area (Å²) in [7, 11) is 0. The fourth-order valence-corrected chi connectivity index (χ4v) is 4.47. The second-order valence-electron chi connectivity index (χ2n) is 9.93. The van der Waals surface area contributed by atoms with Crippen molar-refractivity contribution in [1.29, 1.82) is 0 Å². The van der Waals surface area contributed by atoms with E-state index in [0.29, 0.717) is 0 Å². The number of hydrogen-bond donors (Lipinski definition) is 0. The minimum absolute atomic E-state index is 0.199. The Hall–Kier alpha value is -1.60. The molecule has 0 aliphatic carbocycles. The first-order valence-electron chi connectivity index (χ1n) is 12.9. The molecule has 0 unspecified atom stereocenters. The SMILES string of the molecule is CCCCCCCCCCCCCC(C)(C)N(Cc1ccccc1)Cc1ccccc1. The average molecular weight is 422 g/mol. The van der Waals surface area contributed by atoms with Gasteiger partial charge in [0, 0.05) is 18.6 Å². The first-order chi connectivity index (χ1) is 15.1. The standard InChI is InChI=1S/C30H47N/c1-4-5-6-7-8-9-10-11-12-13-20-25-30(2,3)31(26-28-21-16-14-17-22-28)27-29-23-18-15-19-24-29/h14-19,21-24H,4-13,20,25-27H2,1-3H3. The number of nitrogens with zero attached hydrogens (tertiary/aromatic N) is 1. The molecule has 31 heavy (non-hydrogen) atoms. The molecule has 0 atom stereocenters. The van der Waals surface area contributed by atoms with Crippen LogP contribution in [0.1, 0.15) is 109 Å². The lowest BCUT2D eigenvalue weighted by molar-refractivity contribution is 0.0906. The number of unbranched alkanes of at least 4 members (excludes halogenated alkanes) is 10. The lowest BCUT2D eigenvalue weighted by Crippen LogP contribution is -2.42. The highest BCUT2D eigenvalue weighted by molar-refractivity contribution is 5.17. The second-order valence-corrected chi connectivity index (χ2v) is 9.93. The van der Waals surface area contributed by atoms with E-state index >= 15 is 0 Å². The smallest absolute Gasteiger partial charge is 0.0242 e. The van der Waals surface area contributed by atoms with E-state index in [-0.39, 0.29) is 5.54 Å². The summed E-state index contributed by atoms with van der Waals surface area (Å²) in [6.45, 7) is 9.20. The summed E-state index contributed by atoms with van der Waals surface area (Å²) >= 11 is 0. The molecule has 0 heterocycles. The summed E-state index contributed by atoms with van der Waals surface area (Å²) < 4.78 is 0. The van der Waals surface area contributed by atoms with Gasteiger partial charge in [-0.15, -0.1) is 0 Å². The molecular weight excluding hydrogens is 374 g/mol. The van der Waals surface area contributed by atoms with Crippen LogP contribution in [0.2, 0.25) is 0 Å². The van der Waals surface area contributed by atoms with Gasteiger partial charge < -0.3 is 0 Å². The van der Waals surface area contributed by atoms with E-state index < -0.39 is 0 Å². The molecule has 0 fully saturated rings. The van der Waals surface area contributed by atoms with Gasteiger partial charge in [0.15, 0.2) is 0 Å². The van der Waals surface area contributed by atoms with Crippen molar-refractivity contribution in [3.8, 4) is 0 Å². The fourth-order valence-electron chi connectivity index (χ4n) is 4.47. The minimum atomic E-state index is 0.199. The number of hydrogen-bond acceptors (Lipinski definition) is 1. The Balaban J connectivity index is 1.74. The van der Waals surface area contributed by atoms with Crippen LogP contribution in [0.4, 0.5) is 0 Å². The molecule has 0 bridgehead atoms. The number of benzene rings is 2. The Bertz CT molecular complexity index is 620. The summed E-state index contributed by atoms with van der Waals surface area (Å²) in [5.41, 5.74) is 3.02. The first kappa shape index (κ1) is 25.7. The molecule has 1 heteroatoms. The van der Waals surface area contributed by atoms with E-state index in [0.717, 1.165) is 13.1 Å². The molecule has 172 valence electrons. The zero-order valence-electron chi connectivity index (χ0n) is 20.6. The topological polar surface area (TPSA) is 3.24 Å². The van der Waals surface area contributed by atoms with E-state index in [1.54, 1.807) is 0 Å². The molecule has 0 saturated heterocycles. The molecule has 0 aliphatic heterocycles. The van der Waals surface area contributed by atoms with Crippen LogP contribution < -0.4 is 0 Å². The molecule has 2 aromatic rings. The highest BCUT2D eigenvalue weighted by Crippen LogP contribution is 2.27. The van der Waals surface area contributed by atoms with Crippen LogP contribution in [0.5, 0.6) is 0 Å². The van der Waals surface area contributed by atoms with Gasteiger partial charge in [0.05, 0.1) is 0 Å². The molecule has 0 N–H and O–H groups in total. The van der Waals surface area contributed by atoms with Crippen molar-refractivity contribution in [2.75, 3.05) is 0 Å². The van der Waals surface area contributed by atoms with Gasteiger partial charge in [-0.1, -0.05) is 138 Å². The van der Waals surface area contributed by atoms with Crippen molar-refractivity contribution >= 4 is 0 Å². The third kappa shape index (κ3) is 11.0. The highest BCUT2D eigenvalue weighted by Gasteiger charge is 2.26. The zero-order valence-corrected chi connectivity index (χ0v) is 20.6. The maximum absolute atomic E-state index is 2.67. The summed E-state index contributed by atoms with van der Waals surface area (Å²) in [5.74, 6) is 0. The van der Waals surface area contributed by atoms with Crippen LogP contribution in [-0.4, -0.2) is 10.4 Å². The molecule has 0 spiro atoms. The van der Waals surface area contributed by atoms with Gasteiger partial charge in [-0.05, 0) is 31.4 Å². The van der Waals surface area contributed by atoms with Gasteiger partial charge in [-0.25, -0.2) is 0 Å². The number of rotatable bonds is 17. The summed E-state index contributed by atoms with van der Waals surface area (Å²) in [6.07, 6.45) is 16.8. The molecule has 0 aliphatic rings. The summed E-state index contributed by atoms with van der Waals surface area (Å²) in [5, 5.41) is 0. The molecule has 2 rings (SSSR count). The van der Waals surface area contributed by atoms with Crippen molar-refractivity contribution in [1.82, 2.24) is 4.90 Å². The Labute approximate surface area is 193 Å². The third-order valence-corrected chi connectivity index (χ3v) is 6.68. The lowest BCUT2D eigenvalue weighted by Gasteiger charge is -2.39. The average Bonchev–Trinajstić information content (AvgIpc) is 2.78. The molecular formula is C30H47N. The van der Waals surface area contributed by atoms with Crippen LogP contribution in [0, 0.1) is 0 Å². The molecule has 0 aromatic heterocycles. The van der Waals surface area contributed by atoms with Crippen LogP contribution in [0.15, 0.2) is 60.7 Å². The Kier molecular flexibility index (Phi) is 12.6. The van der Waals surface area contributed by atoms with E-state index in [2.05, 4.69) is 86.3 Å². The molecule has 0 saturated carbocycles. The predicted molar refractivity (Wildman–Crippen MR) is 137 cm³/mol. The van der Waals surface area contributed by atoms with E-state index in [9.17, 15) is 0 Å². The van der Waals surface area contributed by atoms with E-state index in [1.165, 1.54) is 88.2 Å². The predicted octanol–water partition coefficient (Wildman–Crippen LogP) is 9.17. The van der Waals surface area contributed by atoms with Gasteiger partial charge in [0.2, 0.25) is 0 Å². The van der Waals surface area contributed by atoms with Crippen molar-refractivity contribution in [3.63, 3.8) is 0 Å². The van der Waals surface area contributed by atoms with Crippen LogP contribution in [-0.2, 0) is 13.1 Å². The third-order valence-electron chi connectivity index (χ3n) is 6.68. The monoisotopic (exact) mass is 421 g/mol. The van der Waals surface area contributed by atoms with Crippen molar-refractivity contribution in [2.24, 2.45) is 0 Å². The van der Waals surface area contributed by atoms with Gasteiger partial charge >= 0.3 is 0 Å². The molecule has 0 radical (unpaired) electrons. The second kappa shape index (κ2) is 15.2. The van der Waals surface area contributed by atoms with Crippen LogP contribution in [0.25, 0.3) is 0 Å². The Morgan fingerprint density at radius 3 is 1.35 bits per heavy atom. The molecule has 0 amide bonds. The quantitative estimate of drug-likeness (QED) is 0.230. The van der Waals surface area contributed by atoms with Crippen molar-refractivity contribution in [2.45, 2.75) is 116 Å². The Morgan fingerprint density at radius 2 is 0.935 bits per heavy atom. The van der Waals surface area contributed by atoms with E-state index in [1.807, 2.05) is 0 Å². The van der Waals surface area contributed by atoms with E-state index in [4.69, 9.17) is 0 Å². The highest BCUT2D eigenvalue weighted by atomic mass is 15.2. The fraction of sp³-hybridized carbons (Fsp3) is 0.600. The maximum atomic E-state index is 2.67. The van der Waals surface area contributed by atoms with Gasteiger partial charge in [0.25, 0.3) is 0 Å². The van der Waals surface area contributed by atoms with Crippen LogP contribution >= 0.6 is 0 Å². The first-order valence-corrected chi connectivity index (χ1v) is 12.9. The van der Waals surface area contributed by atoms with Gasteiger partial charge in [-0.3, -0.25) is 4.90 Å². The summed E-state index contributed by atoms with van der Waals surface area (Å²) in [6, 6.07) is 21.9. The van der Waals surface area contributed by atoms with Gasteiger partial charge in [0.1, 0.15) is 0 Å². The zero-order chi connectivity index (χ0) is 22.2. The largest absolute Gasteiger partial charge is 0.290 e. The minimum Gasteiger partial charge on any atom is -0.290 e. The van der Waals surface area contributed by atoms with Gasteiger partial charge in [-0.2, -0.15) is 0 Å². The normalized spacial score (nSPS) is 11.9. The molecule has 1 nitrogen and oxygen atoms in total. The lowest BCUT2D eigenvalue weighted by atomic mass is 9.92. The van der Waals surface area contributed by atoms with Crippen LogP contribution in [0.3, 0.4) is 0 Å². The van der Waals surface area contributed by atoms with Crippen molar-refractivity contribution in [3.05, 3.63) is 71.8 Å². The maximum Gasteiger partial charge on any atom is 0.0242 e. The Morgan fingerprint density at radius 1 is 0.548 bits per heavy atom. The molecule has 2 aromatic carbocycles.